The Morgan fingerprint density at radius 2 is 1.62 bits per heavy atom. The van der Waals surface area contributed by atoms with Crippen LogP contribution in [0.2, 0.25) is 5.15 Å². The maximum atomic E-state index is 12.1. The van der Waals surface area contributed by atoms with Crippen molar-refractivity contribution in [2.45, 2.75) is 6.18 Å². The molecule has 0 saturated heterocycles. The van der Waals surface area contributed by atoms with E-state index in [4.69, 9.17) is 11.6 Å². The summed E-state index contributed by atoms with van der Waals surface area (Å²) in [4.78, 5) is 2.77. The zero-order chi connectivity index (χ0) is 11.9. The molecule has 0 aliphatic rings. The second-order valence-electron chi connectivity index (χ2n) is 2.68. The standard InChI is InChI=1S/C6H2BClF6N.K/c8-5-2-3(7(12,13)14)1-4(15-5)6(9,10)11;/h1-2H;/q-1;+1. The molecule has 0 unspecified atom stereocenters. The molecule has 1 heterocycles. The monoisotopic (exact) mass is 287 g/mol. The Bertz CT molecular complexity index is 346. The van der Waals surface area contributed by atoms with Crippen LogP contribution in [0.25, 0.3) is 0 Å². The molecule has 0 bridgehead atoms. The number of nitrogens with zero attached hydrogens (tertiary/aromatic N) is 1. The average molecular weight is 287 g/mol. The minimum Gasteiger partial charge on any atom is -0.445 e. The van der Waals surface area contributed by atoms with Gasteiger partial charge in [-0.1, -0.05) is 23.7 Å². The van der Waals surface area contributed by atoms with Gasteiger partial charge in [0, 0.05) is 0 Å². The molecule has 0 spiro atoms. The van der Waals surface area contributed by atoms with Gasteiger partial charge in [0.05, 0.1) is 0 Å². The van der Waals surface area contributed by atoms with Gasteiger partial charge in [0.15, 0.2) is 0 Å². The third-order valence-corrected chi connectivity index (χ3v) is 1.68. The molecule has 0 fully saturated rings. The smallest absolute Gasteiger partial charge is 0.445 e. The van der Waals surface area contributed by atoms with Gasteiger partial charge in [-0.2, -0.15) is 13.2 Å². The topological polar surface area (TPSA) is 12.9 Å². The van der Waals surface area contributed by atoms with Crippen molar-refractivity contribution in [2.24, 2.45) is 0 Å². The summed E-state index contributed by atoms with van der Waals surface area (Å²) in [5, 5.41) is -0.834. The number of aromatic nitrogens is 1. The Morgan fingerprint density at radius 1 is 1.12 bits per heavy atom. The first kappa shape index (κ1) is 16.7. The summed E-state index contributed by atoms with van der Waals surface area (Å²) in [7, 11) is 0. The molecule has 0 radical (unpaired) electrons. The molecule has 0 aliphatic carbocycles. The molecule has 0 saturated carbocycles. The maximum absolute atomic E-state index is 12.1. The van der Waals surface area contributed by atoms with Crippen LogP contribution in [0, 0.1) is 0 Å². The Labute approximate surface area is 134 Å². The van der Waals surface area contributed by atoms with Crippen molar-refractivity contribution in [3.8, 4) is 0 Å². The van der Waals surface area contributed by atoms with E-state index in [1.165, 1.54) is 0 Å². The second-order valence-corrected chi connectivity index (χ2v) is 3.07. The minimum atomic E-state index is -5.52. The molecule has 1 aromatic rings. The quantitative estimate of drug-likeness (QED) is 0.396. The van der Waals surface area contributed by atoms with Gasteiger partial charge in [-0.25, -0.2) is 4.98 Å². The van der Waals surface area contributed by atoms with Crippen LogP contribution in [0.1, 0.15) is 5.69 Å². The second kappa shape index (κ2) is 5.57. The summed E-state index contributed by atoms with van der Waals surface area (Å²) in [6, 6.07) is 0.294. The van der Waals surface area contributed by atoms with Gasteiger partial charge < -0.3 is 12.9 Å². The number of pyridine rings is 1. The Balaban J connectivity index is 0.00000225. The molecular formula is C6H2BClF6KN. The van der Waals surface area contributed by atoms with Crippen LogP contribution in [0.5, 0.6) is 0 Å². The third-order valence-electron chi connectivity index (χ3n) is 1.48. The fourth-order valence-corrected chi connectivity index (χ4v) is 1.07. The Morgan fingerprint density at radius 3 is 2.00 bits per heavy atom. The molecule has 0 N–H and O–H groups in total. The van der Waals surface area contributed by atoms with Crippen molar-refractivity contribution in [1.29, 1.82) is 0 Å². The van der Waals surface area contributed by atoms with Crippen LogP contribution in [0.4, 0.5) is 26.1 Å². The van der Waals surface area contributed by atoms with Crippen molar-refractivity contribution >= 4 is 24.0 Å². The van der Waals surface area contributed by atoms with Crippen LogP contribution >= 0.6 is 11.6 Å². The number of rotatable bonds is 1. The summed E-state index contributed by atoms with van der Waals surface area (Å²) < 4.78 is 72.6. The number of hydrogen-bond acceptors (Lipinski definition) is 1. The van der Waals surface area contributed by atoms with Crippen LogP contribution in [-0.2, 0) is 6.18 Å². The predicted octanol–water partition coefficient (Wildman–Crippen LogP) is -0.188. The molecule has 10 heteroatoms. The van der Waals surface area contributed by atoms with E-state index in [-0.39, 0.29) is 57.5 Å². The number of halogens is 7. The van der Waals surface area contributed by atoms with Crippen LogP contribution in [0.15, 0.2) is 12.1 Å². The molecular weight excluding hydrogens is 285 g/mol. The summed E-state index contributed by atoms with van der Waals surface area (Å²) in [6.07, 6.45) is -4.94. The largest absolute Gasteiger partial charge is 1.00 e. The molecule has 1 aromatic heterocycles. The SMILES string of the molecule is F[B-](F)(F)c1cc(Cl)nc(C(F)(F)F)c1.[K+]. The zero-order valence-corrected chi connectivity index (χ0v) is 11.7. The van der Waals surface area contributed by atoms with Crippen molar-refractivity contribution in [3.63, 3.8) is 0 Å². The van der Waals surface area contributed by atoms with Gasteiger partial charge in [0.2, 0.25) is 0 Å². The van der Waals surface area contributed by atoms with Crippen LogP contribution < -0.4 is 56.8 Å². The van der Waals surface area contributed by atoms with Crippen molar-refractivity contribution in [1.82, 2.24) is 4.98 Å². The van der Waals surface area contributed by atoms with Crippen molar-refractivity contribution in [2.75, 3.05) is 0 Å². The van der Waals surface area contributed by atoms with Gasteiger partial charge in [-0.05, 0) is 0 Å². The summed E-state index contributed by atoms with van der Waals surface area (Å²) in [6.45, 7) is -5.52. The van der Waals surface area contributed by atoms with Gasteiger partial charge in [0.1, 0.15) is 10.8 Å². The van der Waals surface area contributed by atoms with E-state index in [2.05, 4.69) is 4.98 Å². The average Bonchev–Trinajstić information content (AvgIpc) is 1.99. The van der Waals surface area contributed by atoms with Crippen LogP contribution in [-0.4, -0.2) is 12.0 Å². The van der Waals surface area contributed by atoms with E-state index in [1.54, 1.807) is 0 Å². The van der Waals surface area contributed by atoms with Gasteiger partial charge in [-0.15, -0.1) is 5.46 Å². The fourth-order valence-electron chi connectivity index (χ4n) is 0.851. The number of alkyl halides is 3. The van der Waals surface area contributed by atoms with Crippen LogP contribution in [0.3, 0.4) is 0 Å². The van der Waals surface area contributed by atoms with Gasteiger partial charge >= 0.3 is 64.5 Å². The fraction of sp³-hybridized carbons (Fsp3) is 0.167. The molecule has 0 atom stereocenters. The summed E-state index contributed by atoms with van der Waals surface area (Å²) in [5.41, 5.74) is -3.06. The number of hydrogen-bond donors (Lipinski definition) is 0. The van der Waals surface area contributed by atoms with Crippen molar-refractivity contribution < 1.29 is 77.5 Å². The first-order chi connectivity index (χ1) is 6.60. The maximum Gasteiger partial charge on any atom is 1.00 e. The third kappa shape index (κ3) is 4.54. The van der Waals surface area contributed by atoms with Gasteiger partial charge in [0.25, 0.3) is 0 Å². The summed E-state index contributed by atoms with van der Waals surface area (Å²) >= 11 is 5.06. The predicted molar refractivity (Wildman–Crippen MR) is 43.0 cm³/mol. The van der Waals surface area contributed by atoms with E-state index in [1.807, 2.05) is 0 Å². The first-order valence-corrected chi connectivity index (χ1v) is 3.93. The normalized spacial score (nSPS) is 12.2. The van der Waals surface area contributed by atoms with E-state index < -0.39 is 29.5 Å². The Kier molecular flexibility index (Phi) is 5.83. The van der Waals surface area contributed by atoms with Crippen molar-refractivity contribution in [3.05, 3.63) is 23.0 Å². The molecule has 1 rings (SSSR count). The zero-order valence-electron chi connectivity index (χ0n) is 7.83. The molecule has 16 heavy (non-hydrogen) atoms. The molecule has 0 amide bonds. The van der Waals surface area contributed by atoms with E-state index in [0.29, 0.717) is 6.07 Å². The minimum absolute atomic E-state index is 0. The van der Waals surface area contributed by atoms with E-state index in [9.17, 15) is 26.1 Å². The first-order valence-electron chi connectivity index (χ1n) is 3.55. The molecule has 0 aromatic carbocycles. The summed E-state index contributed by atoms with van der Waals surface area (Å²) in [5.74, 6) is 0. The van der Waals surface area contributed by atoms with Gasteiger partial charge in [-0.3, -0.25) is 0 Å². The van der Waals surface area contributed by atoms with E-state index in [0.717, 1.165) is 0 Å². The van der Waals surface area contributed by atoms with E-state index >= 15 is 0 Å². The Hall–Kier alpha value is 0.721. The molecule has 84 valence electrons. The molecule has 0 aliphatic heterocycles. The molecule has 1 nitrogen and oxygen atoms in total.